The van der Waals surface area contributed by atoms with Crippen molar-refractivity contribution in [1.29, 1.82) is 0 Å². The molecule has 0 aromatic carbocycles. The Hall–Kier alpha value is -0.620. The van der Waals surface area contributed by atoms with Crippen molar-refractivity contribution in [3.8, 4) is 0 Å². The molecule has 2 aromatic heterocycles. The second-order valence-corrected chi connectivity index (χ2v) is 13.2. The van der Waals surface area contributed by atoms with Gasteiger partial charge in [0.25, 0.3) is 0 Å². The molecule has 32 heavy (non-hydrogen) atoms. The van der Waals surface area contributed by atoms with Crippen LogP contribution in [0.4, 0.5) is 5.69 Å². The second kappa shape index (κ2) is 8.87. The smallest absolute Gasteiger partial charge is 0.340 e. The van der Waals surface area contributed by atoms with Crippen LogP contribution in [0.1, 0.15) is 18.4 Å². The molecule has 2 saturated heterocycles. The fourth-order valence-electron chi connectivity index (χ4n) is 4.02. The summed E-state index contributed by atoms with van der Waals surface area (Å²) in [4.78, 5) is 34.0. The third-order valence-electron chi connectivity index (χ3n) is 5.55. The molecule has 0 spiro atoms. The van der Waals surface area contributed by atoms with Crippen molar-refractivity contribution in [2.75, 3.05) is 37.1 Å². The third-order valence-corrected chi connectivity index (χ3v) is 10.2. The van der Waals surface area contributed by atoms with Crippen LogP contribution in [0, 0.1) is 0 Å². The summed E-state index contributed by atoms with van der Waals surface area (Å²) in [5.41, 5.74) is -0.220. The molecule has 2 aliphatic heterocycles. The van der Waals surface area contributed by atoms with Gasteiger partial charge in [0.05, 0.1) is 29.1 Å². The van der Waals surface area contributed by atoms with Crippen molar-refractivity contribution in [2.45, 2.75) is 30.7 Å². The summed E-state index contributed by atoms with van der Waals surface area (Å²) in [6.45, 7) is 0.782. The van der Waals surface area contributed by atoms with Crippen molar-refractivity contribution >= 4 is 54.0 Å². The average Bonchev–Trinajstić information content (AvgIpc) is 3.39. The fraction of sp³-hybridized carbons (Fsp3) is 0.588. The number of anilines is 1. The highest BCUT2D eigenvalue weighted by molar-refractivity contribution is 7.70. The number of hydrogen-bond acceptors (Lipinski definition) is 9. The Morgan fingerprint density at radius 2 is 2.00 bits per heavy atom. The van der Waals surface area contributed by atoms with Crippen LogP contribution in [0.3, 0.4) is 0 Å². The number of rotatable bonds is 7. The lowest BCUT2D eigenvalue weighted by atomic mass is 9.89. The van der Waals surface area contributed by atoms with E-state index in [2.05, 4.69) is 9.88 Å². The van der Waals surface area contributed by atoms with Gasteiger partial charge in [-0.25, -0.2) is 4.98 Å². The Bertz CT molecular complexity index is 1110. The number of aromatic nitrogens is 1. The van der Waals surface area contributed by atoms with Gasteiger partial charge in [0.15, 0.2) is 5.90 Å². The summed E-state index contributed by atoms with van der Waals surface area (Å²) in [6.07, 6.45) is -0.626. The first-order chi connectivity index (χ1) is 14.9. The Labute approximate surface area is 192 Å². The molecule has 11 nitrogen and oxygen atoms in total. The van der Waals surface area contributed by atoms with E-state index in [0.29, 0.717) is 11.1 Å². The lowest BCUT2D eigenvalue weighted by Gasteiger charge is -2.26. The highest BCUT2D eigenvalue weighted by Crippen LogP contribution is 2.55. The molecule has 0 radical (unpaired) electrons. The summed E-state index contributed by atoms with van der Waals surface area (Å²) < 4.78 is 33.8. The molecule has 2 aliphatic rings. The van der Waals surface area contributed by atoms with Crippen LogP contribution in [0.15, 0.2) is 11.4 Å². The number of hydrogen-bond donors (Lipinski definition) is 5. The van der Waals surface area contributed by atoms with E-state index >= 15 is 0 Å². The number of nitrogens with zero attached hydrogens (tertiary/aromatic N) is 2. The zero-order valence-corrected chi connectivity index (χ0v) is 20.1. The highest BCUT2D eigenvalue weighted by atomic mass is 35.5. The fourth-order valence-corrected chi connectivity index (χ4v) is 7.90. The zero-order chi connectivity index (χ0) is 23.3. The van der Waals surface area contributed by atoms with Crippen LogP contribution in [-0.4, -0.2) is 74.3 Å². The molecular weight excluding hydrogens is 506 g/mol. The van der Waals surface area contributed by atoms with Crippen molar-refractivity contribution < 1.29 is 43.3 Å². The normalized spacial score (nSPS) is 28.5. The van der Waals surface area contributed by atoms with Gasteiger partial charge in [-0.05, 0) is 18.2 Å². The standard InChI is InChI=1S/C17H23ClN2O9P2S/c18-13-5-11(20-3-1-2-4-20)15-14(19-13)10(7-32-15)17(22)8-28-12(16(17)21)6-29-31(26,27)9-30(23,24)25/h5,7,12,16,21-22H,1-4,6,8-9H2,(H,26,27)(H2,23,24,25)/t12-,16-,17-/m1/s1. The molecule has 0 aliphatic carbocycles. The number of thiophene rings is 1. The van der Waals surface area contributed by atoms with Crippen LogP contribution in [-0.2, 0) is 24.0 Å². The zero-order valence-electron chi connectivity index (χ0n) is 16.7. The lowest BCUT2D eigenvalue weighted by molar-refractivity contribution is -0.0576. The van der Waals surface area contributed by atoms with Gasteiger partial charge in [0.2, 0.25) is 0 Å². The molecule has 0 saturated carbocycles. The average molecular weight is 529 g/mol. The van der Waals surface area contributed by atoms with Crippen LogP contribution in [0.25, 0.3) is 10.2 Å². The Morgan fingerprint density at radius 1 is 1.31 bits per heavy atom. The predicted octanol–water partition coefficient (Wildman–Crippen LogP) is 1.83. The van der Waals surface area contributed by atoms with Crippen LogP contribution < -0.4 is 4.90 Å². The number of ether oxygens (including phenoxy) is 1. The third kappa shape index (κ3) is 4.92. The molecule has 4 atom stereocenters. The summed E-state index contributed by atoms with van der Waals surface area (Å²) >= 11 is 7.61. The molecule has 2 fully saturated rings. The van der Waals surface area contributed by atoms with Crippen molar-refractivity contribution in [3.05, 3.63) is 22.2 Å². The largest absolute Gasteiger partial charge is 0.387 e. The molecule has 0 bridgehead atoms. The molecule has 4 rings (SSSR count). The molecule has 1 unspecified atom stereocenters. The van der Waals surface area contributed by atoms with E-state index < -0.39 is 45.5 Å². The van der Waals surface area contributed by atoms with Crippen molar-refractivity contribution in [3.63, 3.8) is 0 Å². The summed E-state index contributed by atoms with van der Waals surface area (Å²) in [6, 6.07) is 1.78. The maximum Gasteiger partial charge on any atom is 0.340 e. The monoisotopic (exact) mass is 528 g/mol. The number of aliphatic hydroxyl groups is 2. The van der Waals surface area contributed by atoms with Crippen molar-refractivity contribution in [1.82, 2.24) is 4.98 Å². The van der Waals surface area contributed by atoms with Gasteiger partial charge in [0, 0.05) is 24.7 Å². The Kier molecular flexibility index (Phi) is 6.79. The van der Waals surface area contributed by atoms with Gasteiger partial charge in [0.1, 0.15) is 23.0 Å². The SMILES string of the molecule is O=P(O)(O)CP(=O)(O)OC[C@H]1OC[C@@](O)(c2csc3c(N4CCCC4)cc(Cl)nc23)[C@@H]1O. The molecule has 4 heterocycles. The van der Waals surface area contributed by atoms with E-state index in [0.717, 1.165) is 36.3 Å². The van der Waals surface area contributed by atoms with E-state index in [1.807, 2.05) is 0 Å². The molecule has 178 valence electrons. The Balaban J connectivity index is 1.57. The minimum Gasteiger partial charge on any atom is -0.387 e. The molecule has 2 aromatic rings. The number of pyridine rings is 1. The van der Waals surface area contributed by atoms with E-state index in [-0.39, 0.29) is 11.8 Å². The van der Waals surface area contributed by atoms with Gasteiger partial charge < -0.3 is 39.1 Å². The predicted molar refractivity (Wildman–Crippen MR) is 118 cm³/mol. The quantitative estimate of drug-likeness (QED) is 0.262. The minimum absolute atomic E-state index is 0.245. The summed E-state index contributed by atoms with van der Waals surface area (Å²) in [5, 5.41) is 24.0. The molecular formula is C17H23ClN2O9P2S. The molecule has 15 heteroatoms. The summed E-state index contributed by atoms with van der Waals surface area (Å²) in [5.74, 6) is -1.36. The Morgan fingerprint density at radius 3 is 2.66 bits per heavy atom. The minimum atomic E-state index is -4.79. The van der Waals surface area contributed by atoms with Gasteiger partial charge in [-0.15, -0.1) is 11.3 Å². The van der Waals surface area contributed by atoms with Gasteiger partial charge in [-0.2, -0.15) is 0 Å². The van der Waals surface area contributed by atoms with Crippen molar-refractivity contribution in [2.24, 2.45) is 0 Å². The summed E-state index contributed by atoms with van der Waals surface area (Å²) in [7, 11) is -9.42. The first-order valence-corrected chi connectivity index (χ1v) is 14.6. The van der Waals surface area contributed by atoms with E-state index in [4.69, 9.17) is 30.6 Å². The number of aliphatic hydroxyl groups excluding tert-OH is 1. The first-order valence-electron chi connectivity index (χ1n) is 9.76. The first kappa shape index (κ1) is 24.5. The maximum absolute atomic E-state index is 11.9. The van der Waals surface area contributed by atoms with E-state index in [1.54, 1.807) is 11.4 Å². The van der Waals surface area contributed by atoms with E-state index in [9.17, 15) is 24.2 Å². The number of halogens is 1. The molecule has 5 N–H and O–H groups in total. The molecule has 0 amide bonds. The van der Waals surface area contributed by atoms with Gasteiger partial charge >= 0.3 is 15.2 Å². The van der Waals surface area contributed by atoms with Gasteiger partial charge in [-0.1, -0.05) is 11.6 Å². The van der Waals surface area contributed by atoms with E-state index in [1.165, 1.54) is 11.3 Å². The van der Waals surface area contributed by atoms with Crippen LogP contribution in [0.5, 0.6) is 0 Å². The van der Waals surface area contributed by atoms with Crippen LogP contribution >= 0.6 is 38.1 Å². The number of fused-ring (bicyclic) bond motifs is 1. The topological polar surface area (TPSA) is 170 Å². The second-order valence-electron chi connectivity index (χ2n) is 7.94. The highest BCUT2D eigenvalue weighted by Gasteiger charge is 2.51. The van der Waals surface area contributed by atoms with Crippen LogP contribution in [0.2, 0.25) is 5.15 Å². The van der Waals surface area contributed by atoms with Gasteiger partial charge in [-0.3, -0.25) is 9.13 Å². The lowest BCUT2D eigenvalue weighted by Crippen LogP contribution is -2.42. The maximum atomic E-state index is 11.9.